The van der Waals surface area contributed by atoms with E-state index in [0.29, 0.717) is 12.3 Å². The van der Waals surface area contributed by atoms with Gasteiger partial charge in [-0.15, -0.1) is 6.58 Å². The van der Waals surface area contributed by atoms with Crippen LogP contribution in [-0.4, -0.2) is 40.5 Å². The minimum atomic E-state index is 0.0626. The third kappa shape index (κ3) is 4.58. The molecule has 0 aromatic heterocycles. The topological polar surface area (TPSA) is 23.6 Å². The van der Waals surface area contributed by atoms with Crippen molar-refractivity contribution >= 4 is 39.9 Å². The molecule has 1 aromatic carbocycles. The molecule has 0 aliphatic carbocycles. The molecular formula is C16H20N2OS2. The van der Waals surface area contributed by atoms with Crippen molar-refractivity contribution < 1.29 is 4.79 Å². The number of amides is 1. The SMILES string of the molecule is C=CCN(C(=O)CSC(=S)N1CCCC1)c1ccccc1. The van der Waals surface area contributed by atoms with E-state index in [-0.39, 0.29) is 5.91 Å². The van der Waals surface area contributed by atoms with Gasteiger partial charge in [-0.25, -0.2) is 0 Å². The third-order valence-electron chi connectivity index (χ3n) is 3.36. The molecule has 21 heavy (non-hydrogen) atoms. The number of likely N-dealkylation sites (tertiary alicyclic amines) is 1. The summed E-state index contributed by atoms with van der Waals surface area (Å²) in [6.45, 7) is 6.29. The number of thioether (sulfide) groups is 1. The molecule has 0 unspecified atom stereocenters. The largest absolute Gasteiger partial charge is 0.358 e. The Hall–Kier alpha value is -1.33. The molecule has 1 aliphatic rings. The van der Waals surface area contributed by atoms with Crippen molar-refractivity contribution in [1.29, 1.82) is 0 Å². The first kappa shape index (κ1) is 16.0. The van der Waals surface area contributed by atoms with Gasteiger partial charge in [-0.3, -0.25) is 4.79 Å². The highest BCUT2D eigenvalue weighted by Gasteiger charge is 2.19. The number of thiocarbonyl (C=S) groups is 1. The quantitative estimate of drug-likeness (QED) is 0.613. The summed E-state index contributed by atoms with van der Waals surface area (Å²) in [6.07, 6.45) is 4.14. The predicted octanol–water partition coefficient (Wildman–Crippen LogP) is 3.32. The van der Waals surface area contributed by atoms with Crippen molar-refractivity contribution in [3.63, 3.8) is 0 Å². The first-order valence-corrected chi connectivity index (χ1v) is 8.50. The second-order valence-corrected chi connectivity index (χ2v) is 6.49. The van der Waals surface area contributed by atoms with Crippen LogP contribution in [-0.2, 0) is 4.79 Å². The third-order valence-corrected chi connectivity index (χ3v) is 4.87. The highest BCUT2D eigenvalue weighted by Crippen LogP contribution is 2.19. The van der Waals surface area contributed by atoms with E-state index in [9.17, 15) is 4.79 Å². The van der Waals surface area contributed by atoms with Crippen LogP contribution in [0.2, 0.25) is 0 Å². The maximum atomic E-state index is 12.4. The van der Waals surface area contributed by atoms with E-state index < -0.39 is 0 Å². The minimum absolute atomic E-state index is 0.0626. The van der Waals surface area contributed by atoms with Gasteiger partial charge in [-0.1, -0.05) is 48.3 Å². The number of hydrogen-bond donors (Lipinski definition) is 0. The lowest BCUT2D eigenvalue weighted by Crippen LogP contribution is -2.33. The fourth-order valence-corrected chi connectivity index (χ4v) is 3.41. The summed E-state index contributed by atoms with van der Waals surface area (Å²) in [4.78, 5) is 16.4. The molecule has 1 amide bonds. The summed E-state index contributed by atoms with van der Waals surface area (Å²) in [7, 11) is 0. The van der Waals surface area contributed by atoms with Gasteiger partial charge in [0, 0.05) is 25.3 Å². The van der Waals surface area contributed by atoms with Gasteiger partial charge in [0.05, 0.1) is 5.75 Å². The lowest BCUT2D eigenvalue weighted by atomic mass is 10.3. The Morgan fingerprint density at radius 3 is 2.62 bits per heavy atom. The van der Waals surface area contributed by atoms with E-state index in [1.54, 1.807) is 11.0 Å². The van der Waals surface area contributed by atoms with Crippen LogP contribution in [0.4, 0.5) is 5.69 Å². The van der Waals surface area contributed by atoms with E-state index >= 15 is 0 Å². The van der Waals surface area contributed by atoms with Crippen molar-refractivity contribution in [2.45, 2.75) is 12.8 Å². The lowest BCUT2D eigenvalue weighted by molar-refractivity contribution is -0.116. The first-order valence-electron chi connectivity index (χ1n) is 7.10. The van der Waals surface area contributed by atoms with Gasteiger partial charge >= 0.3 is 0 Å². The van der Waals surface area contributed by atoms with Crippen molar-refractivity contribution in [3.05, 3.63) is 43.0 Å². The number of carbonyl (C=O) groups excluding carboxylic acids is 1. The first-order chi connectivity index (χ1) is 10.2. The van der Waals surface area contributed by atoms with Crippen molar-refractivity contribution in [3.8, 4) is 0 Å². The summed E-state index contributed by atoms with van der Waals surface area (Å²) in [5.74, 6) is 0.436. The molecule has 3 nitrogen and oxygen atoms in total. The minimum Gasteiger partial charge on any atom is -0.358 e. The van der Waals surface area contributed by atoms with E-state index in [4.69, 9.17) is 12.2 Å². The van der Waals surface area contributed by atoms with Crippen molar-refractivity contribution in [2.75, 3.05) is 30.3 Å². The van der Waals surface area contributed by atoms with Gasteiger partial charge in [0.1, 0.15) is 4.32 Å². The Morgan fingerprint density at radius 2 is 2.00 bits per heavy atom. The van der Waals surface area contributed by atoms with E-state index in [0.717, 1.165) is 23.1 Å². The van der Waals surface area contributed by atoms with Crippen LogP contribution >= 0.6 is 24.0 Å². The Balaban J connectivity index is 1.92. The number of carbonyl (C=O) groups is 1. The summed E-state index contributed by atoms with van der Waals surface area (Å²) in [6, 6.07) is 9.68. The highest BCUT2D eigenvalue weighted by atomic mass is 32.2. The maximum Gasteiger partial charge on any atom is 0.237 e. The zero-order valence-electron chi connectivity index (χ0n) is 12.0. The molecule has 0 spiro atoms. The van der Waals surface area contributed by atoms with Crippen LogP contribution in [0.15, 0.2) is 43.0 Å². The fraction of sp³-hybridized carbons (Fsp3) is 0.375. The fourth-order valence-electron chi connectivity index (χ4n) is 2.28. The maximum absolute atomic E-state index is 12.4. The number of rotatable bonds is 5. The summed E-state index contributed by atoms with van der Waals surface area (Å²) < 4.78 is 0.840. The monoisotopic (exact) mass is 320 g/mol. The van der Waals surface area contributed by atoms with Crippen molar-refractivity contribution in [1.82, 2.24) is 4.90 Å². The zero-order valence-corrected chi connectivity index (χ0v) is 13.7. The molecule has 0 bridgehead atoms. The normalized spacial score (nSPS) is 14.0. The van der Waals surface area contributed by atoms with Crippen LogP contribution < -0.4 is 4.90 Å². The smallest absolute Gasteiger partial charge is 0.237 e. The van der Waals surface area contributed by atoms with Crippen LogP contribution in [0, 0.1) is 0 Å². The number of hydrogen-bond acceptors (Lipinski definition) is 3. The van der Waals surface area contributed by atoms with E-state index in [1.165, 1.54) is 24.6 Å². The van der Waals surface area contributed by atoms with Gasteiger partial charge in [0.2, 0.25) is 5.91 Å². The molecule has 1 fully saturated rings. The average molecular weight is 320 g/mol. The summed E-state index contributed by atoms with van der Waals surface area (Å²) >= 11 is 6.86. The van der Waals surface area contributed by atoms with Crippen LogP contribution in [0.3, 0.4) is 0 Å². The van der Waals surface area contributed by atoms with Crippen LogP contribution in [0.25, 0.3) is 0 Å². The Kier molecular flexibility index (Phi) is 6.26. The van der Waals surface area contributed by atoms with Crippen LogP contribution in [0.1, 0.15) is 12.8 Å². The molecule has 0 N–H and O–H groups in total. The van der Waals surface area contributed by atoms with Gasteiger partial charge < -0.3 is 9.80 Å². The molecule has 2 rings (SSSR count). The second-order valence-electron chi connectivity index (χ2n) is 4.88. The molecule has 1 saturated heterocycles. The van der Waals surface area contributed by atoms with Gasteiger partial charge in [-0.05, 0) is 25.0 Å². The second kappa shape index (κ2) is 8.20. The molecule has 0 radical (unpaired) electrons. The van der Waals surface area contributed by atoms with Crippen molar-refractivity contribution in [2.24, 2.45) is 0 Å². The molecule has 1 heterocycles. The molecule has 0 saturated carbocycles. The summed E-state index contributed by atoms with van der Waals surface area (Å²) in [5, 5.41) is 0. The Morgan fingerprint density at radius 1 is 1.33 bits per heavy atom. The molecule has 1 aromatic rings. The Labute approximate surface area is 136 Å². The number of benzene rings is 1. The van der Waals surface area contributed by atoms with Gasteiger partial charge in [0.15, 0.2) is 0 Å². The predicted molar refractivity (Wildman–Crippen MR) is 94.9 cm³/mol. The number of anilines is 1. The van der Waals surface area contributed by atoms with Gasteiger partial charge in [0.25, 0.3) is 0 Å². The highest BCUT2D eigenvalue weighted by molar-refractivity contribution is 8.23. The zero-order chi connectivity index (χ0) is 15.1. The Bertz CT molecular complexity index is 498. The summed E-state index contributed by atoms with van der Waals surface area (Å²) in [5.41, 5.74) is 0.898. The molecular weight excluding hydrogens is 300 g/mol. The molecule has 1 aliphatic heterocycles. The molecule has 112 valence electrons. The number of nitrogens with zero attached hydrogens (tertiary/aromatic N) is 2. The number of para-hydroxylation sites is 1. The average Bonchev–Trinajstić information content (AvgIpc) is 3.05. The van der Waals surface area contributed by atoms with E-state index in [2.05, 4.69) is 11.5 Å². The molecule has 5 heteroatoms. The van der Waals surface area contributed by atoms with E-state index in [1.807, 2.05) is 30.3 Å². The lowest BCUT2D eigenvalue weighted by Gasteiger charge is -2.22. The van der Waals surface area contributed by atoms with Crippen LogP contribution in [0.5, 0.6) is 0 Å². The van der Waals surface area contributed by atoms with Gasteiger partial charge in [-0.2, -0.15) is 0 Å². The molecule has 0 atom stereocenters. The standard InChI is InChI=1S/C16H20N2OS2/c1-2-10-18(14-8-4-3-5-9-14)15(19)13-21-16(20)17-11-6-7-12-17/h2-5,8-9H,1,6-7,10-13H2.